The summed E-state index contributed by atoms with van der Waals surface area (Å²) in [5.41, 5.74) is 2.15. The number of aliphatic hydroxyl groups excluding tert-OH is 2. The lowest BCUT2D eigenvalue weighted by Gasteiger charge is -2.21. The second kappa shape index (κ2) is 5.08. The van der Waals surface area contributed by atoms with Crippen LogP contribution in [0.3, 0.4) is 0 Å². The first-order valence-electron chi connectivity index (χ1n) is 6.16. The molecule has 2 N–H and O–H groups in total. The first-order valence-corrected chi connectivity index (χ1v) is 6.16. The number of hydrogen-bond donors (Lipinski definition) is 2. The molecule has 6 nitrogen and oxygen atoms in total. The Kier molecular flexibility index (Phi) is 3.29. The van der Waals surface area contributed by atoms with Gasteiger partial charge in [-0.15, -0.1) is 5.10 Å². The molecule has 0 fully saturated rings. The Hall–Kier alpha value is -1.76. The van der Waals surface area contributed by atoms with E-state index in [0.29, 0.717) is 18.0 Å². The Morgan fingerprint density at radius 2 is 2.11 bits per heavy atom. The molecule has 3 rings (SSSR count). The molecule has 0 radical (unpaired) electrons. The maximum atomic E-state index is 10.3. The Balaban J connectivity index is 2.09. The highest BCUT2D eigenvalue weighted by atomic mass is 16.5. The van der Waals surface area contributed by atoms with Gasteiger partial charge in [-0.3, -0.25) is 0 Å². The zero-order valence-corrected chi connectivity index (χ0v) is 10.3. The maximum Gasteiger partial charge on any atom is 0.114 e. The topological polar surface area (TPSA) is 80.4 Å². The van der Waals surface area contributed by atoms with Gasteiger partial charge >= 0.3 is 0 Å². The van der Waals surface area contributed by atoms with Crippen molar-refractivity contribution in [2.24, 2.45) is 0 Å². The summed E-state index contributed by atoms with van der Waals surface area (Å²) in [4.78, 5) is 0. The number of benzene rings is 1. The molecule has 1 aromatic heterocycles. The lowest BCUT2D eigenvalue weighted by Crippen LogP contribution is -2.28. The summed E-state index contributed by atoms with van der Waals surface area (Å²) in [6, 6.07) is 9.28. The Labute approximate surface area is 110 Å². The Morgan fingerprint density at radius 3 is 2.84 bits per heavy atom. The average molecular weight is 261 g/mol. The van der Waals surface area contributed by atoms with Crippen LogP contribution < -0.4 is 0 Å². The quantitative estimate of drug-likeness (QED) is 0.810. The van der Waals surface area contributed by atoms with Crippen molar-refractivity contribution in [3.63, 3.8) is 0 Å². The normalized spacial score (nSPS) is 22.8. The lowest BCUT2D eigenvalue weighted by molar-refractivity contribution is 0.0233. The highest BCUT2D eigenvalue weighted by Gasteiger charge is 2.30. The highest BCUT2D eigenvalue weighted by molar-refractivity contribution is 5.23. The molecule has 1 aromatic carbocycles. The fraction of sp³-hybridized carbons (Fsp3) is 0.385. The molecule has 0 amide bonds. The van der Waals surface area contributed by atoms with Crippen molar-refractivity contribution in [1.82, 2.24) is 15.0 Å². The molecule has 2 aromatic rings. The largest absolute Gasteiger partial charge is 0.390 e. The first kappa shape index (κ1) is 12.3. The van der Waals surface area contributed by atoms with Gasteiger partial charge in [0, 0.05) is 0 Å². The number of aromatic nitrogens is 3. The second-order valence-electron chi connectivity index (χ2n) is 4.52. The van der Waals surface area contributed by atoms with Crippen LogP contribution >= 0.6 is 0 Å². The van der Waals surface area contributed by atoms with E-state index in [-0.39, 0.29) is 19.3 Å². The van der Waals surface area contributed by atoms with Crippen LogP contribution in [-0.2, 0) is 18.0 Å². The summed E-state index contributed by atoms with van der Waals surface area (Å²) in [6.07, 6.45) is -0.697. The van der Waals surface area contributed by atoms with Crippen molar-refractivity contribution in [1.29, 1.82) is 0 Å². The SMILES string of the molecule is OCc1nnn2c1COC[C@H](O)[C@H]2c1ccccc1. The van der Waals surface area contributed by atoms with Crippen LogP contribution in [0.5, 0.6) is 0 Å². The number of nitrogens with zero attached hydrogens (tertiary/aromatic N) is 3. The van der Waals surface area contributed by atoms with Crippen molar-refractivity contribution in [3.8, 4) is 0 Å². The Bertz CT molecular complexity index is 556. The monoisotopic (exact) mass is 261 g/mol. The van der Waals surface area contributed by atoms with Gasteiger partial charge in [0.2, 0.25) is 0 Å². The van der Waals surface area contributed by atoms with Crippen LogP contribution in [0.1, 0.15) is 23.0 Å². The number of hydrogen-bond acceptors (Lipinski definition) is 5. The third-order valence-corrected chi connectivity index (χ3v) is 3.32. The summed E-state index contributed by atoms with van der Waals surface area (Å²) in [5, 5.41) is 27.5. The molecular formula is C13H15N3O3. The lowest BCUT2D eigenvalue weighted by atomic mass is 10.0. The molecule has 0 bridgehead atoms. The molecule has 1 aliphatic rings. The van der Waals surface area contributed by atoms with E-state index in [1.54, 1.807) is 4.68 Å². The predicted molar refractivity (Wildman–Crippen MR) is 66.2 cm³/mol. The molecule has 0 saturated heterocycles. The summed E-state index contributed by atoms with van der Waals surface area (Å²) >= 11 is 0. The van der Waals surface area contributed by atoms with Crippen molar-refractivity contribution < 1.29 is 14.9 Å². The minimum atomic E-state index is -0.697. The van der Waals surface area contributed by atoms with Gasteiger partial charge < -0.3 is 14.9 Å². The van der Waals surface area contributed by atoms with Crippen molar-refractivity contribution in [3.05, 3.63) is 47.3 Å². The molecule has 0 unspecified atom stereocenters. The zero-order chi connectivity index (χ0) is 13.2. The number of rotatable bonds is 2. The van der Waals surface area contributed by atoms with E-state index < -0.39 is 6.10 Å². The molecule has 19 heavy (non-hydrogen) atoms. The highest BCUT2D eigenvalue weighted by Crippen LogP contribution is 2.27. The van der Waals surface area contributed by atoms with Crippen molar-refractivity contribution in [2.75, 3.05) is 6.61 Å². The van der Waals surface area contributed by atoms with Gasteiger partial charge in [0.05, 0.1) is 25.5 Å². The fourth-order valence-electron chi connectivity index (χ4n) is 2.39. The van der Waals surface area contributed by atoms with Gasteiger partial charge in [-0.2, -0.15) is 0 Å². The summed E-state index contributed by atoms with van der Waals surface area (Å²) in [6.45, 7) is 0.341. The van der Waals surface area contributed by atoms with E-state index in [1.165, 1.54) is 0 Å². The van der Waals surface area contributed by atoms with Crippen LogP contribution in [-0.4, -0.2) is 37.9 Å². The second-order valence-corrected chi connectivity index (χ2v) is 4.52. The van der Waals surface area contributed by atoms with Gasteiger partial charge in [0.15, 0.2) is 0 Å². The van der Waals surface area contributed by atoms with Crippen LogP contribution in [0.15, 0.2) is 30.3 Å². The third kappa shape index (κ3) is 2.14. The van der Waals surface area contributed by atoms with Crippen molar-refractivity contribution in [2.45, 2.75) is 25.4 Å². The molecule has 0 aliphatic carbocycles. The van der Waals surface area contributed by atoms with Crippen LogP contribution in [0.4, 0.5) is 0 Å². The summed E-state index contributed by atoms with van der Waals surface area (Å²) < 4.78 is 7.08. The van der Waals surface area contributed by atoms with Crippen molar-refractivity contribution >= 4 is 0 Å². The fourth-order valence-corrected chi connectivity index (χ4v) is 2.39. The van der Waals surface area contributed by atoms with E-state index in [1.807, 2.05) is 30.3 Å². The van der Waals surface area contributed by atoms with E-state index in [9.17, 15) is 10.2 Å². The number of fused-ring (bicyclic) bond motifs is 1. The van der Waals surface area contributed by atoms with Gasteiger partial charge in [0.1, 0.15) is 17.8 Å². The van der Waals surface area contributed by atoms with E-state index in [2.05, 4.69) is 10.3 Å². The Morgan fingerprint density at radius 1 is 1.32 bits per heavy atom. The standard InChI is InChI=1S/C13H15N3O3/c17-6-10-11-7-19-8-12(18)13(16(11)15-14-10)9-4-2-1-3-5-9/h1-5,12-13,17-18H,6-8H2/t12-,13+/m0/s1. The van der Waals surface area contributed by atoms with Crippen LogP contribution in [0, 0.1) is 0 Å². The van der Waals surface area contributed by atoms with Gasteiger partial charge in [-0.05, 0) is 5.56 Å². The van der Waals surface area contributed by atoms with E-state index in [4.69, 9.17) is 4.74 Å². The van der Waals surface area contributed by atoms with Crippen LogP contribution in [0.2, 0.25) is 0 Å². The van der Waals surface area contributed by atoms with Crippen LogP contribution in [0.25, 0.3) is 0 Å². The van der Waals surface area contributed by atoms with Gasteiger partial charge in [-0.25, -0.2) is 4.68 Å². The number of aliphatic hydroxyl groups is 2. The molecule has 6 heteroatoms. The first-order chi connectivity index (χ1) is 9.31. The average Bonchev–Trinajstić information content (AvgIpc) is 2.76. The maximum absolute atomic E-state index is 10.3. The molecule has 2 heterocycles. The minimum Gasteiger partial charge on any atom is -0.390 e. The van der Waals surface area contributed by atoms with Gasteiger partial charge in [0.25, 0.3) is 0 Å². The molecule has 100 valence electrons. The van der Waals surface area contributed by atoms with E-state index >= 15 is 0 Å². The molecule has 1 aliphatic heterocycles. The molecule has 0 saturated carbocycles. The molecule has 2 atom stereocenters. The van der Waals surface area contributed by atoms with Gasteiger partial charge in [-0.1, -0.05) is 35.5 Å². The number of ether oxygens (including phenoxy) is 1. The summed E-state index contributed by atoms with van der Waals surface area (Å²) in [7, 11) is 0. The third-order valence-electron chi connectivity index (χ3n) is 3.32. The zero-order valence-electron chi connectivity index (χ0n) is 10.3. The molecular weight excluding hydrogens is 246 g/mol. The summed E-state index contributed by atoms with van der Waals surface area (Å²) in [5.74, 6) is 0. The minimum absolute atomic E-state index is 0.184. The molecule has 0 spiro atoms. The predicted octanol–water partition coefficient (Wildman–Crippen LogP) is 0.251. The smallest absolute Gasteiger partial charge is 0.114 e. The van der Waals surface area contributed by atoms with E-state index in [0.717, 1.165) is 5.56 Å².